The van der Waals surface area contributed by atoms with Crippen molar-refractivity contribution in [2.75, 3.05) is 44.8 Å². The van der Waals surface area contributed by atoms with Crippen LogP contribution in [0.25, 0.3) is 10.2 Å². The Bertz CT molecular complexity index is 1040. The number of halogens is 2. The van der Waals surface area contributed by atoms with E-state index in [2.05, 4.69) is 18.7 Å². The number of aromatic nitrogens is 1. The average molecular weight is 498 g/mol. The van der Waals surface area contributed by atoms with Crippen molar-refractivity contribution in [1.29, 1.82) is 0 Å². The van der Waals surface area contributed by atoms with Gasteiger partial charge in [0.05, 0.1) is 17.3 Å². The number of likely N-dealkylation sites (N-methyl/N-ethyl adjacent to an activating group) is 1. The fraction of sp³-hybridized carbons (Fsp3) is 0.391. The van der Waals surface area contributed by atoms with Crippen LogP contribution in [-0.4, -0.2) is 55.7 Å². The molecule has 0 saturated carbocycles. The van der Waals surface area contributed by atoms with Crippen LogP contribution in [0.1, 0.15) is 19.4 Å². The fourth-order valence-corrected chi connectivity index (χ4v) is 4.45. The predicted octanol–water partition coefficient (Wildman–Crippen LogP) is 5.44. The first-order chi connectivity index (χ1) is 15.0. The molecule has 2 aromatic carbocycles. The van der Waals surface area contributed by atoms with Crippen LogP contribution in [0.4, 0.5) is 5.13 Å². The zero-order valence-corrected chi connectivity index (χ0v) is 21.1. The van der Waals surface area contributed by atoms with Crippen molar-refractivity contribution in [3.8, 4) is 11.5 Å². The molecule has 0 N–H and O–H groups in total. The van der Waals surface area contributed by atoms with Gasteiger partial charge in [0.15, 0.2) is 11.7 Å². The van der Waals surface area contributed by atoms with E-state index in [1.54, 1.807) is 24.1 Å². The molecular formula is C23H29Cl2N3O3S. The Morgan fingerprint density at radius 2 is 1.84 bits per heavy atom. The number of carbonyl (C=O) groups is 1. The summed E-state index contributed by atoms with van der Waals surface area (Å²) in [5, 5.41) is 1.33. The first-order valence-electron chi connectivity index (χ1n) is 10.3. The van der Waals surface area contributed by atoms with E-state index < -0.39 is 0 Å². The number of hydrogen-bond donors (Lipinski definition) is 0. The van der Waals surface area contributed by atoms with Gasteiger partial charge in [-0.1, -0.05) is 42.9 Å². The Balaban J connectivity index is 0.00000363. The number of nitrogens with zero attached hydrogens (tertiary/aromatic N) is 3. The standard InChI is InChI=1S/C23H28ClN3O3S.ClH/c1-5-26(6-2)12-13-27(21(28)15-30-18-9-7-8-17(14-18)29-4)23-25-22-16(3)19(24)10-11-20(22)31-23;/h7-11,14H,5-6,12-13,15H2,1-4H3;1H. The summed E-state index contributed by atoms with van der Waals surface area (Å²) in [4.78, 5) is 21.9. The number of hydrogen-bond acceptors (Lipinski definition) is 6. The van der Waals surface area contributed by atoms with Gasteiger partial charge in [0.2, 0.25) is 0 Å². The molecule has 0 radical (unpaired) electrons. The number of thiazole rings is 1. The van der Waals surface area contributed by atoms with E-state index in [-0.39, 0.29) is 24.9 Å². The van der Waals surface area contributed by atoms with E-state index in [1.807, 2.05) is 31.2 Å². The van der Waals surface area contributed by atoms with Crippen molar-refractivity contribution in [3.05, 3.63) is 47.0 Å². The topological polar surface area (TPSA) is 54.9 Å². The van der Waals surface area contributed by atoms with E-state index in [4.69, 9.17) is 26.1 Å². The van der Waals surface area contributed by atoms with Crippen molar-refractivity contribution in [2.24, 2.45) is 0 Å². The summed E-state index contributed by atoms with van der Waals surface area (Å²) in [6, 6.07) is 11.0. The summed E-state index contributed by atoms with van der Waals surface area (Å²) < 4.78 is 12.0. The van der Waals surface area contributed by atoms with Gasteiger partial charge in [-0.3, -0.25) is 9.69 Å². The van der Waals surface area contributed by atoms with Crippen LogP contribution >= 0.6 is 35.3 Å². The summed E-state index contributed by atoms with van der Waals surface area (Å²) >= 11 is 7.76. The molecule has 174 valence electrons. The Kier molecular flexibility index (Phi) is 10.0. The molecule has 0 fully saturated rings. The lowest BCUT2D eigenvalue weighted by atomic mass is 10.2. The van der Waals surface area contributed by atoms with E-state index >= 15 is 0 Å². The number of benzene rings is 2. The van der Waals surface area contributed by atoms with E-state index in [0.29, 0.717) is 28.2 Å². The van der Waals surface area contributed by atoms with Crippen LogP contribution in [0.5, 0.6) is 11.5 Å². The normalized spacial score (nSPS) is 10.8. The summed E-state index contributed by atoms with van der Waals surface area (Å²) in [7, 11) is 1.60. The Morgan fingerprint density at radius 3 is 2.53 bits per heavy atom. The van der Waals surface area contributed by atoms with Crippen LogP contribution in [0.3, 0.4) is 0 Å². The summed E-state index contributed by atoms with van der Waals surface area (Å²) in [5.41, 5.74) is 1.76. The number of rotatable bonds is 10. The van der Waals surface area contributed by atoms with Gasteiger partial charge in [-0.25, -0.2) is 4.98 Å². The molecule has 0 aliphatic rings. The average Bonchev–Trinajstić information content (AvgIpc) is 3.22. The maximum absolute atomic E-state index is 13.2. The number of ether oxygens (including phenoxy) is 2. The number of anilines is 1. The molecule has 0 unspecified atom stereocenters. The zero-order valence-electron chi connectivity index (χ0n) is 18.8. The largest absolute Gasteiger partial charge is 0.497 e. The molecule has 0 bridgehead atoms. The Hall–Kier alpha value is -2.06. The maximum atomic E-state index is 13.2. The highest BCUT2D eigenvalue weighted by Crippen LogP contribution is 2.33. The fourth-order valence-electron chi connectivity index (χ4n) is 3.23. The molecule has 1 heterocycles. The van der Waals surface area contributed by atoms with Crippen molar-refractivity contribution in [1.82, 2.24) is 9.88 Å². The van der Waals surface area contributed by atoms with Crippen molar-refractivity contribution >= 4 is 56.6 Å². The SMILES string of the molecule is CCN(CC)CCN(C(=O)COc1cccc(OC)c1)c1nc2c(C)c(Cl)ccc2s1.Cl. The van der Waals surface area contributed by atoms with E-state index in [0.717, 1.165) is 35.4 Å². The van der Waals surface area contributed by atoms with Crippen molar-refractivity contribution in [3.63, 3.8) is 0 Å². The van der Waals surface area contributed by atoms with Crippen LogP contribution in [-0.2, 0) is 4.79 Å². The number of fused-ring (bicyclic) bond motifs is 1. The zero-order chi connectivity index (χ0) is 22.4. The van der Waals surface area contributed by atoms with Gasteiger partial charge in [-0.05, 0) is 49.8 Å². The highest BCUT2D eigenvalue weighted by molar-refractivity contribution is 7.22. The van der Waals surface area contributed by atoms with Crippen molar-refractivity contribution in [2.45, 2.75) is 20.8 Å². The minimum Gasteiger partial charge on any atom is -0.497 e. The smallest absolute Gasteiger partial charge is 0.266 e. The number of amides is 1. The van der Waals surface area contributed by atoms with Gasteiger partial charge in [0.25, 0.3) is 5.91 Å². The highest BCUT2D eigenvalue weighted by Gasteiger charge is 2.22. The third-order valence-corrected chi connectivity index (χ3v) is 6.66. The monoisotopic (exact) mass is 497 g/mol. The molecule has 0 saturated heterocycles. The molecule has 3 aromatic rings. The predicted molar refractivity (Wildman–Crippen MR) is 135 cm³/mol. The third kappa shape index (κ3) is 6.25. The minimum atomic E-state index is -0.141. The molecule has 0 aliphatic heterocycles. The van der Waals surface area contributed by atoms with Gasteiger partial charge in [-0.15, -0.1) is 12.4 Å². The minimum absolute atomic E-state index is 0. The second-order valence-electron chi connectivity index (χ2n) is 7.06. The lowest BCUT2D eigenvalue weighted by Gasteiger charge is -2.24. The summed E-state index contributed by atoms with van der Waals surface area (Å²) in [5.74, 6) is 1.13. The second-order valence-corrected chi connectivity index (χ2v) is 8.47. The lowest BCUT2D eigenvalue weighted by Crippen LogP contribution is -2.41. The first-order valence-corrected chi connectivity index (χ1v) is 11.5. The molecule has 0 spiro atoms. The molecule has 32 heavy (non-hydrogen) atoms. The maximum Gasteiger partial charge on any atom is 0.266 e. The van der Waals surface area contributed by atoms with Crippen LogP contribution in [0.2, 0.25) is 5.02 Å². The molecule has 0 aliphatic carbocycles. The molecule has 1 aromatic heterocycles. The Morgan fingerprint density at radius 1 is 1.12 bits per heavy atom. The van der Waals surface area contributed by atoms with Gasteiger partial charge < -0.3 is 14.4 Å². The lowest BCUT2D eigenvalue weighted by molar-refractivity contribution is -0.120. The molecule has 1 amide bonds. The van der Waals surface area contributed by atoms with Gasteiger partial charge >= 0.3 is 0 Å². The Labute approximate surface area is 204 Å². The first kappa shape index (κ1) is 26.2. The molecular weight excluding hydrogens is 469 g/mol. The summed E-state index contributed by atoms with van der Waals surface area (Å²) in [6.45, 7) is 9.24. The number of aryl methyl sites for hydroxylation is 1. The third-order valence-electron chi connectivity index (χ3n) is 5.21. The molecule has 3 rings (SSSR count). The number of methoxy groups -OCH3 is 1. The van der Waals surface area contributed by atoms with Gasteiger partial charge in [0, 0.05) is 24.2 Å². The summed E-state index contributed by atoms with van der Waals surface area (Å²) in [6.07, 6.45) is 0. The highest BCUT2D eigenvalue weighted by atomic mass is 35.5. The van der Waals surface area contributed by atoms with Gasteiger partial charge in [-0.2, -0.15) is 0 Å². The van der Waals surface area contributed by atoms with Crippen LogP contribution in [0, 0.1) is 6.92 Å². The molecule has 0 atom stereocenters. The quantitative estimate of drug-likeness (QED) is 0.373. The van der Waals surface area contributed by atoms with Gasteiger partial charge in [0.1, 0.15) is 11.5 Å². The number of carbonyl (C=O) groups excluding carboxylic acids is 1. The van der Waals surface area contributed by atoms with Crippen LogP contribution < -0.4 is 14.4 Å². The second kappa shape index (κ2) is 12.3. The van der Waals surface area contributed by atoms with Crippen molar-refractivity contribution < 1.29 is 14.3 Å². The molecule has 6 nitrogen and oxygen atoms in total. The molecule has 9 heteroatoms. The van der Waals surface area contributed by atoms with E-state index in [9.17, 15) is 4.79 Å². The van der Waals surface area contributed by atoms with E-state index in [1.165, 1.54) is 11.3 Å². The van der Waals surface area contributed by atoms with Crippen LogP contribution in [0.15, 0.2) is 36.4 Å².